The number of rotatable bonds is 8. The highest BCUT2D eigenvalue weighted by Crippen LogP contribution is 2.10. The van der Waals surface area contributed by atoms with Crippen LogP contribution >= 0.6 is 0 Å². The molecule has 0 fully saturated rings. The SMILES string of the molecule is CC(C)CC(C)N(C)CCCCCN. The van der Waals surface area contributed by atoms with Crippen LogP contribution < -0.4 is 5.73 Å². The van der Waals surface area contributed by atoms with Crippen LogP contribution in [0.2, 0.25) is 0 Å². The van der Waals surface area contributed by atoms with E-state index >= 15 is 0 Å². The zero-order valence-corrected chi connectivity index (χ0v) is 10.4. The molecule has 0 saturated heterocycles. The third-order valence-electron chi connectivity index (χ3n) is 2.78. The monoisotopic (exact) mass is 200 g/mol. The Balaban J connectivity index is 3.46. The maximum Gasteiger partial charge on any atom is 0.00663 e. The molecule has 0 aliphatic carbocycles. The van der Waals surface area contributed by atoms with Crippen LogP contribution in [0.1, 0.15) is 46.5 Å². The van der Waals surface area contributed by atoms with Gasteiger partial charge in [0.25, 0.3) is 0 Å². The van der Waals surface area contributed by atoms with Gasteiger partial charge in [0, 0.05) is 6.04 Å². The van der Waals surface area contributed by atoms with E-state index in [-0.39, 0.29) is 0 Å². The van der Waals surface area contributed by atoms with Crippen molar-refractivity contribution in [3.63, 3.8) is 0 Å². The van der Waals surface area contributed by atoms with E-state index in [4.69, 9.17) is 5.73 Å². The normalized spacial score (nSPS) is 13.9. The average Bonchev–Trinajstić information content (AvgIpc) is 2.11. The quantitative estimate of drug-likeness (QED) is 0.610. The van der Waals surface area contributed by atoms with Crippen LogP contribution in [0.3, 0.4) is 0 Å². The molecule has 0 aromatic carbocycles. The van der Waals surface area contributed by atoms with Gasteiger partial charge in [-0.25, -0.2) is 0 Å². The molecule has 1 atom stereocenters. The third kappa shape index (κ3) is 7.34. The van der Waals surface area contributed by atoms with Gasteiger partial charge < -0.3 is 10.6 Å². The summed E-state index contributed by atoms with van der Waals surface area (Å²) in [4.78, 5) is 2.47. The minimum absolute atomic E-state index is 0.716. The van der Waals surface area contributed by atoms with Crippen molar-refractivity contribution in [1.29, 1.82) is 0 Å². The first-order valence-electron chi connectivity index (χ1n) is 5.98. The molecule has 0 aliphatic heterocycles. The van der Waals surface area contributed by atoms with Gasteiger partial charge in [-0.2, -0.15) is 0 Å². The predicted octanol–water partition coefficient (Wildman–Crippen LogP) is 2.48. The van der Waals surface area contributed by atoms with Crippen molar-refractivity contribution in [2.24, 2.45) is 11.7 Å². The van der Waals surface area contributed by atoms with Gasteiger partial charge >= 0.3 is 0 Å². The summed E-state index contributed by atoms with van der Waals surface area (Å²) in [5, 5.41) is 0. The highest BCUT2D eigenvalue weighted by molar-refractivity contribution is 4.65. The summed E-state index contributed by atoms with van der Waals surface area (Å²) in [5.41, 5.74) is 5.46. The molecule has 86 valence electrons. The number of nitrogens with two attached hydrogens (primary N) is 1. The Kier molecular flexibility index (Phi) is 8.20. The molecule has 2 nitrogen and oxygen atoms in total. The first-order chi connectivity index (χ1) is 6.57. The van der Waals surface area contributed by atoms with E-state index in [2.05, 4.69) is 32.7 Å². The van der Waals surface area contributed by atoms with Gasteiger partial charge in [-0.1, -0.05) is 20.3 Å². The molecule has 1 unspecified atom stereocenters. The zero-order chi connectivity index (χ0) is 11.0. The van der Waals surface area contributed by atoms with Crippen molar-refractivity contribution in [3.8, 4) is 0 Å². The molecule has 0 amide bonds. The molecule has 0 aliphatic rings. The van der Waals surface area contributed by atoms with E-state index < -0.39 is 0 Å². The Bertz CT molecular complexity index is 123. The van der Waals surface area contributed by atoms with Crippen molar-refractivity contribution < 1.29 is 0 Å². The van der Waals surface area contributed by atoms with Crippen molar-refractivity contribution >= 4 is 0 Å². The maximum absolute atomic E-state index is 5.46. The Morgan fingerprint density at radius 3 is 2.21 bits per heavy atom. The van der Waals surface area contributed by atoms with Crippen LogP contribution in [0.4, 0.5) is 0 Å². The molecular formula is C12H28N2. The standard InChI is InChI=1S/C12H28N2/c1-11(2)10-12(3)14(4)9-7-5-6-8-13/h11-12H,5-10,13H2,1-4H3. The minimum atomic E-state index is 0.716. The van der Waals surface area contributed by atoms with Crippen LogP contribution in [0.25, 0.3) is 0 Å². The number of hydrogen-bond acceptors (Lipinski definition) is 2. The summed E-state index contributed by atoms with van der Waals surface area (Å²) >= 11 is 0. The second-order valence-electron chi connectivity index (χ2n) is 4.81. The lowest BCUT2D eigenvalue weighted by Crippen LogP contribution is -2.31. The van der Waals surface area contributed by atoms with Gasteiger partial charge in [-0.15, -0.1) is 0 Å². The molecule has 0 rings (SSSR count). The highest BCUT2D eigenvalue weighted by atomic mass is 15.1. The van der Waals surface area contributed by atoms with Crippen LogP contribution in [0.5, 0.6) is 0 Å². The van der Waals surface area contributed by atoms with Crippen molar-refractivity contribution in [1.82, 2.24) is 4.90 Å². The van der Waals surface area contributed by atoms with Crippen LogP contribution in [-0.4, -0.2) is 31.1 Å². The summed E-state index contributed by atoms with van der Waals surface area (Å²) in [6, 6.07) is 0.716. The first-order valence-corrected chi connectivity index (χ1v) is 5.98. The van der Waals surface area contributed by atoms with E-state index in [9.17, 15) is 0 Å². The van der Waals surface area contributed by atoms with Gasteiger partial charge in [-0.05, 0) is 52.2 Å². The van der Waals surface area contributed by atoms with Gasteiger partial charge in [0.15, 0.2) is 0 Å². The third-order valence-corrected chi connectivity index (χ3v) is 2.78. The minimum Gasteiger partial charge on any atom is -0.330 e. The first kappa shape index (κ1) is 13.9. The van der Waals surface area contributed by atoms with Crippen molar-refractivity contribution in [3.05, 3.63) is 0 Å². The predicted molar refractivity (Wildman–Crippen MR) is 64.5 cm³/mol. The molecule has 0 aromatic heterocycles. The highest BCUT2D eigenvalue weighted by Gasteiger charge is 2.09. The second kappa shape index (κ2) is 8.25. The average molecular weight is 200 g/mol. The summed E-state index contributed by atoms with van der Waals surface area (Å²) in [7, 11) is 2.23. The van der Waals surface area contributed by atoms with E-state index in [0.29, 0.717) is 6.04 Å². The smallest absolute Gasteiger partial charge is 0.00663 e. The Morgan fingerprint density at radius 2 is 1.71 bits per heavy atom. The fourth-order valence-electron chi connectivity index (χ4n) is 1.76. The van der Waals surface area contributed by atoms with Gasteiger partial charge in [0.2, 0.25) is 0 Å². The summed E-state index contributed by atoms with van der Waals surface area (Å²) in [5.74, 6) is 0.802. The van der Waals surface area contributed by atoms with Crippen molar-refractivity contribution in [2.45, 2.75) is 52.5 Å². The lowest BCUT2D eigenvalue weighted by atomic mass is 10.0. The lowest BCUT2D eigenvalue weighted by Gasteiger charge is -2.26. The lowest BCUT2D eigenvalue weighted by molar-refractivity contribution is 0.224. The van der Waals surface area contributed by atoms with Gasteiger partial charge in [0.05, 0.1) is 0 Å². The zero-order valence-electron chi connectivity index (χ0n) is 10.4. The van der Waals surface area contributed by atoms with Crippen LogP contribution in [0.15, 0.2) is 0 Å². The van der Waals surface area contributed by atoms with E-state index in [1.54, 1.807) is 0 Å². The topological polar surface area (TPSA) is 29.3 Å². The van der Waals surface area contributed by atoms with E-state index in [1.807, 2.05) is 0 Å². The number of hydrogen-bond donors (Lipinski definition) is 1. The number of nitrogens with zero attached hydrogens (tertiary/aromatic N) is 1. The molecule has 0 spiro atoms. The van der Waals surface area contributed by atoms with Crippen molar-refractivity contribution in [2.75, 3.05) is 20.1 Å². The fourth-order valence-corrected chi connectivity index (χ4v) is 1.76. The van der Waals surface area contributed by atoms with Crippen LogP contribution in [-0.2, 0) is 0 Å². The van der Waals surface area contributed by atoms with Gasteiger partial charge in [-0.3, -0.25) is 0 Å². The molecule has 0 radical (unpaired) electrons. The summed E-state index contributed by atoms with van der Waals surface area (Å²) in [6.45, 7) is 8.96. The molecule has 2 heteroatoms. The van der Waals surface area contributed by atoms with E-state index in [0.717, 1.165) is 12.5 Å². The molecule has 0 heterocycles. The fraction of sp³-hybridized carbons (Fsp3) is 1.00. The van der Waals surface area contributed by atoms with Crippen LogP contribution in [0, 0.1) is 5.92 Å². The molecule has 0 aromatic rings. The molecular weight excluding hydrogens is 172 g/mol. The molecule has 14 heavy (non-hydrogen) atoms. The molecule has 0 saturated carbocycles. The molecule has 0 bridgehead atoms. The second-order valence-corrected chi connectivity index (χ2v) is 4.81. The Hall–Kier alpha value is -0.0800. The largest absolute Gasteiger partial charge is 0.330 e. The summed E-state index contributed by atoms with van der Waals surface area (Å²) < 4.78 is 0. The molecule has 2 N–H and O–H groups in total. The Labute approximate surface area is 89.9 Å². The van der Waals surface area contributed by atoms with E-state index in [1.165, 1.54) is 32.2 Å². The number of unbranched alkanes of at least 4 members (excludes halogenated alkanes) is 2. The van der Waals surface area contributed by atoms with Gasteiger partial charge in [0.1, 0.15) is 0 Å². The Morgan fingerprint density at radius 1 is 1.07 bits per heavy atom. The maximum atomic E-state index is 5.46. The summed E-state index contributed by atoms with van der Waals surface area (Å²) in [6.07, 6.45) is 5.03.